The first-order valence-corrected chi connectivity index (χ1v) is 8.30. The highest BCUT2D eigenvalue weighted by molar-refractivity contribution is 6.07. The lowest BCUT2D eigenvalue weighted by Gasteiger charge is -2.10. The van der Waals surface area contributed by atoms with Crippen LogP contribution in [0.1, 0.15) is 16.7 Å². The van der Waals surface area contributed by atoms with E-state index in [-0.39, 0.29) is 0 Å². The predicted octanol–water partition coefficient (Wildman–Crippen LogP) is 4.80. The van der Waals surface area contributed by atoms with Gasteiger partial charge in [-0.25, -0.2) is 4.57 Å². The maximum atomic E-state index is 4.49. The van der Waals surface area contributed by atoms with Crippen molar-refractivity contribution < 1.29 is 4.57 Å². The van der Waals surface area contributed by atoms with Crippen LogP contribution in [0.3, 0.4) is 0 Å². The van der Waals surface area contributed by atoms with Crippen LogP contribution in [-0.4, -0.2) is 4.98 Å². The number of pyridine rings is 2. The molecular formula is C22H21N2+. The molecule has 0 saturated carbocycles. The molecule has 2 heteroatoms. The van der Waals surface area contributed by atoms with E-state index in [4.69, 9.17) is 0 Å². The molecule has 0 atom stereocenters. The van der Waals surface area contributed by atoms with Gasteiger partial charge in [-0.1, -0.05) is 18.2 Å². The van der Waals surface area contributed by atoms with E-state index in [1.165, 1.54) is 44.1 Å². The van der Waals surface area contributed by atoms with Crippen LogP contribution >= 0.6 is 0 Å². The third-order valence-electron chi connectivity index (χ3n) is 4.96. The van der Waals surface area contributed by atoms with Crippen LogP contribution in [0.5, 0.6) is 0 Å². The highest BCUT2D eigenvalue weighted by Gasteiger charge is 2.16. The SMILES string of the molecule is Cc1cc(-c2cc3c(ccc4ncccc43)cc2C)[n+](C)cc1C. The lowest BCUT2D eigenvalue weighted by atomic mass is 9.96. The molecule has 0 bridgehead atoms. The molecule has 4 rings (SSSR count). The molecule has 0 aliphatic rings. The number of benzene rings is 2. The summed E-state index contributed by atoms with van der Waals surface area (Å²) in [5, 5.41) is 3.74. The Balaban J connectivity index is 2.08. The van der Waals surface area contributed by atoms with Crippen LogP contribution in [0.2, 0.25) is 0 Å². The van der Waals surface area contributed by atoms with Crippen LogP contribution in [-0.2, 0) is 7.05 Å². The van der Waals surface area contributed by atoms with E-state index in [9.17, 15) is 0 Å². The van der Waals surface area contributed by atoms with Crippen molar-refractivity contribution in [1.82, 2.24) is 4.98 Å². The molecule has 2 aromatic carbocycles. The maximum absolute atomic E-state index is 4.49. The minimum absolute atomic E-state index is 1.05. The molecule has 0 aliphatic heterocycles. The monoisotopic (exact) mass is 313 g/mol. The molecule has 4 aromatic rings. The topological polar surface area (TPSA) is 16.8 Å². The summed E-state index contributed by atoms with van der Waals surface area (Å²) in [6.07, 6.45) is 4.06. The number of aryl methyl sites for hydroxylation is 4. The summed E-state index contributed by atoms with van der Waals surface area (Å²) in [7, 11) is 2.12. The minimum Gasteiger partial charge on any atom is -0.256 e. The zero-order chi connectivity index (χ0) is 16.8. The molecule has 0 unspecified atom stereocenters. The van der Waals surface area contributed by atoms with Gasteiger partial charge >= 0.3 is 0 Å². The lowest BCUT2D eigenvalue weighted by Crippen LogP contribution is -2.31. The van der Waals surface area contributed by atoms with Crippen molar-refractivity contribution in [2.75, 3.05) is 0 Å². The van der Waals surface area contributed by atoms with Gasteiger partial charge in [-0.3, -0.25) is 4.98 Å². The molecule has 118 valence electrons. The Morgan fingerprint density at radius 2 is 1.67 bits per heavy atom. The van der Waals surface area contributed by atoms with Gasteiger partial charge in [0.1, 0.15) is 7.05 Å². The third kappa shape index (κ3) is 2.26. The number of fused-ring (bicyclic) bond motifs is 3. The van der Waals surface area contributed by atoms with E-state index in [2.05, 4.69) is 80.0 Å². The highest BCUT2D eigenvalue weighted by Crippen LogP contribution is 2.31. The van der Waals surface area contributed by atoms with Gasteiger partial charge in [0.25, 0.3) is 0 Å². The van der Waals surface area contributed by atoms with Crippen LogP contribution in [0.25, 0.3) is 32.9 Å². The Morgan fingerprint density at radius 1 is 0.833 bits per heavy atom. The van der Waals surface area contributed by atoms with Crippen molar-refractivity contribution in [3.8, 4) is 11.3 Å². The number of rotatable bonds is 1. The molecule has 2 heterocycles. The van der Waals surface area contributed by atoms with Crippen molar-refractivity contribution >= 4 is 21.7 Å². The van der Waals surface area contributed by atoms with Crippen molar-refractivity contribution in [1.29, 1.82) is 0 Å². The fourth-order valence-corrected chi connectivity index (χ4v) is 3.47. The summed E-state index contributed by atoms with van der Waals surface area (Å²) in [6, 6.07) is 15.3. The van der Waals surface area contributed by atoms with Crippen molar-refractivity contribution in [2.45, 2.75) is 20.8 Å². The van der Waals surface area contributed by atoms with Crippen LogP contribution < -0.4 is 4.57 Å². The first-order valence-electron chi connectivity index (χ1n) is 8.30. The van der Waals surface area contributed by atoms with Gasteiger partial charge < -0.3 is 0 Å². The molecule has 0 fully saturated rings. The summed E-state index contributed by atoms with van der Waals surface area (Å²) in [5.41, 5.74) is 7.51. The maximum Gasteiger partial charge on any atom is 0.212 e. The summed E-state index contributed by atoms with van der Waals surface area (Å²) >= 11 is 0. The molecule has 0 aliphatic carbocycles. The summed E-state index contributed by atoms with van der Waals surface area (Å²) in [6.45, 7) is 6.53. The van der Waals surface area contributed by atoms with Crippen molar-refractivity contribution in [3.05, 3.63) is 71.5 Å². The molecule has 0 N–H and O–H groups in total. The van der Waals surface area contributed by atoms with Gasteiger partial charge in [0.15, 0.2) is 6.20 Å². The second-order valence-electron chi connectivity index (χ2n) is 6.66. The van der Waals surface area contributed by atoms with E-state index >= 15 is 0 Å². The number of hydrogen-bond donors (Lipinski definition) is 0. The quantitative estimate of drug-likeness (QED) is 0.364. The van der Waals surface area contributed by atoms with Crippen molar-refractivity contribution in [2.24, 2.45) is 7.05 Å². The zero-order valence-electron chi connectivity index (χ0n) is 14.6. The normalized spacial score (nSPS) is 11.3. The van der Waals surface area contributed by atoms with Gasteiger partial charge in [-0.15, -0.1) is 0 Å². The van der Waals surface area contributed by atoms with E-state index in [0.29, 0.717) is 0 Å². The average Bonchev–Trinajstić information content (AvgIpc) is 2.57. The molecule has 24 heavy (non-hydrogen) atoms. The van der Waals surface area contributed by atoms with Gasteiger partial charge in [0.2, 0.25) is 5.69 Å². The van der Waals surface area contributed by atoms with Crippen LogP contribution in [0, 0.1) is 20.8 Å². The molecular weight excluding hydrogens is 292 g/mol. The Hall–Kier alpha value is -2.74. The Morgan fingerprint density at radius 3 is 2.50 bits per heavy atom. The van der Waals surface area contributed by atoms with Crippen molar-refractivity contribution in [3.63, 3.8) is 0 Å². The molecule has 2 aromatic heterocycles. The smallest absolute Gasteiger partial charge is 0.212 e. The molecule has 0 saturated heterocycles. The zero-order valence-corrected chi connectivity index (χ0v) is 14.6. The lowest BCUT2D eigenvalue weighted by molar-refractivity contribution is -0.660. The molecule has 0 radical (unpaired) electrons. The van der Waals surface area contributed by atoms with E-state index < -0.39 is 0 Å². The first kappa shape index (κ1) is 14.8. The second-order valence-corrected chi connectivity index (χ2v) is 6.66. The Kier molecular flexibility index (Phi) is 3.34. The summed E-state index contributed by atoms with van der Waals surface area (Å²) in [5.74, 6) is 0. The van der Waals surface area contributed by atoms with Crippen LogP contribution in [0.4, 0.5) is 0 Å². The average molecular weight is 313 g/mol. The number of aromatic nitrogens is 2. The van der Waals surface area contributed by atoms with Gasteiger partial charge in [-0.2, -0.15) is 0 Å². The summed E-state index contributed by atoms with van der Waals surface area (Å²) < 4.78 is 2.22. The van der Waals surface area contributed by atoms with Gasteiger partial charge in [-0.05, 0) is 60.9 Å². The van der Waals surface area contributed by atoms with E-state index in [1.807, 2.05) is 12.3 Å². The van der Waals surface area contributed by atoms with Gasteiger partial charge in [0.05, 0.1) is 5.52 Å². The van der Waals surface area contributed by atoms with E-state index in [0.717, 1.165) is 5.52 Å². The standard InChI is InChI=1S/C22H21N2/c1-14-11-22(24(4)13-16(14)3)19-12-20-17(10-15(19)2)7-8-21-18(20)6-5-9-23-21/h5-13H,1-4H3/q+1. The first-order chi connectivity index (χ1) is 11.5. The largest absolute Gasteiger partial charge is 0.256 e. The number of nitrogens with zero attached hydrogens (tertiary/aromatic N) is 2. The van der Waals surface area contributed by atoms with E-state index in [1.54, 1.807) is 0 Å². The van der Waals surface area contributed by atoms with Crippen LogP contribution in [0.15, 0.2) is 54.9 Å². The Bertz CT molecular complexity index is 1090. The van der Waals surface area contributed by atoms with Gasteiger partial charge in [0, 0.05) is 28.8 Å². The molecule has 0 amide bonds. The summed E-state index contributed by atoms with van der Waals surface area (Å²) in [4.78, 5) is 4.49. The Labute approximate surface area is 142 Å². The fraction of sp³-hybridized carbons (Fsp3) is 0.182. The molecule has 0 spiro atoms. The minimum atomic E-state index is 1.05. The second kappa shape index (κ2) is 5.41. The fourth-order valence-electron chi connectivity index (χ4n) is 3.47. The third-order valence-corrected chi connectivity index (χ3v) is 4.96. The predicted molar refractivity (Wildman–Crippen MR) is 100 cm³/mol. The molecule has 2 nitrogen and oxygen atoms in total. The highest BCUT2D eigenvalue weighted by atomic mass is 14.9. The number of hydrogen-bond acceptors (Lipinski definition) is 1.